The molecule has 1 rings (SSSR count). The van der Waals surface area contributed by atoms with Crippen molar-refractivity contribution in [1.82, 2.24) is 0 Å². The van der Waals surface area contributed by atoms with Gasteiger partial charge >= 0.3 is 0 Å². The Hall–Kier alpha value is -0.210. The summed E-state index contributed by atoms with van der Waals surface area (Å²) in [6, 6.07) is 7.92. The summed E-state index contributed by atoms with van der Waals surface area (Å²) in [5.41, 5.74) is 0.200. The molecule has 0 bridgehead atoms. The summed E-state index contributed by atoms with van der Waals surface area (Å²) in [4.78, 5) is 0. The highest BCUT2D eigenvalue weighted by Gasteiger charge is 2.21. The van der Waals surface area contributed by atoms with Crippen LogP contribution in [0, 0.1) is 5.41 Å². The average Bonchev–Trinajstić information content (AvgIpc) is 2.32. The maximum Gasteiger partial charge on any atom is 0.119 e. The zero-order valence-corrected chi connectivity index (χ0v) is 12.9. The lowest BCUT2D eigenvalue weighted by Gasteiger charge is -2.26. The number of alkyl halides is 1. The number of ether oxygens (including phenoxy) is 1. The van der Waals surface area contributed by atoms with Gasteiger partial charge < -0.3 is 4.74 Å². The first-order chi connectivity index (χ1) is 8.09. The van der Waals surface area contributed by atoms with Gasteiger partial charge in [0.1, 0.15) is 5.75 Å². The van der Waals surface area contributed by atoms with Crippen LogP contribution in [0.25, 0.3) is 0 Å². The van der Waals surface area contributed by atoms with Crippen LogP contribution in [0.2, 0.25) is 0 Å². The van der Waals surface area contributed by atoms with Gasteiger partial charge in [-0.3, -0.25) is 0 Å². The second kappa shape index (κ2) is 7.27. The summed E-state index contributed by atoms with van der Waals surface area (Å²) in [6.07, 6.45) is 3.32. The number of benzene rings is 1. The van der Waals surface area contributed by atoms with Crippen LogP contribution in [0.1, 0.15) is 33.1 Å². The quantitative estimate of drug-likeness (QED) is 0.623. The van der Waals surface area contributed by atoms with E-state index in [1.807, 2.05) is 24.3 Å². The Morgan fingerprint density at radius 1 is 1.24 bits per heavy atom. The molecule has 96 valence electrons. The molecule has 1 aromatic rings. The minimum Gasteiger partial charge on any atom is -0.494 e. The summed E-state index contributed by atoms with van der Waals surface area (Å²) >= 11 is 9.43. The SMILES string of the molecule is CCCC(C)(CCl)CCOc1ccc(Br)cc1. The van der Waals surface area contributed by atoms with Crippen LogP contribution >= 0.6 is 27.5 Å². The molecule has 0 spiro atoms. The Morgan fingerprint density at radius 2 is 1.88 bits per heavy atom. The minimum absolute atomic E-state index is 0.200. The standard InChI is InChI=1S/C14H20BrClO/c1-3-8-14(2,11-16)9-10-17-13-6-4-12(15)5-7-13/h4-7H,3,8-11H2,1-2H3. The van der Waals surface area contributed by atoms with Gasteiger partial charge in [-0.15, -0.1) is 11.6 Å². The Kier molecular flexibility index (Phi) is 6.35. The zero-order chi connectivity index (χ0) is 12.7. The van der Waals surface area contributed by atoms with E-state index < -0.39 is 0 Å². The molecule has 1 nitrogen and oxygen atoms in total. The van der Waals surface area contributed by atoms with Crippen molar-refractivity contribution >= 4 is 27.5 Å². The van der Waals surface area contributed by atoms with E-state index in [4.69, 9.17) is 16.3 Å². The fourth-order valence-corrected chi connectivity index (χ4v) is 2.34. The van der Waals surface area contributed by atoms with Crippen LogP contribution in [-0.2, 0) is 0 Å². The van der Waals surface area contributed by atoms with Crippen LogP contribution < -0.4 is 4.74 Å². The molecule has 1 unspecified atom stereocenters. The first-order valence-corrected chi connectivity index (χ1v) is 7.37. The van der Waals surface area contributed by atoms with E-state index >= 15 is 0 Å². The maximum atomic E-state index is 6.03. The highest BCUT2D eigenvalue weighted by Crippen LogP contribution is 2.29. The molecule has 0 heterocycles. The van der Waals surface area contributed by atoms with E-state index in [1.54, 1.807) is 0 Å². The average molecular weight is 320 g/mol. The number of halogens is 2. The van der Waals surface area contributed by atoms with Crippen molar-refractivity contribution in [3.05, 3.63) is 28.7 Å². The molecule has 0 aliphatic carbocycles. The molecule has 17 heavy (non-hydrogen) atoms. The van der Waals surface area contributed by atoms with Gasteiger partial charge in [-0.25, -0.2) is 0 Å². The molecule has 0 aliphatic rings. The monoisotopic (exact) mass is 318 g/mol. The Bertz CT molecular complexity index is 325. The highest BCUT2D eigenvalue weighted by atomic mass is 79.9. The topological polar surface area (TPSA) is 9.23 Å². The Balaban J connectivity index is 2.38. The summed E-state index contributed by atoms with van der Waals surface area (Å²) in [7, 11) is 0. The number of rotatable bonds is 7. The van der Waals surface area contributed by atoms with E-state index in [9.17, 15) is 0 Å². The van der Waals surface area contributed by atoms with E-state index in [-0.39, 0.29) is 5.41 Å². The van der Waals surface area contributed by atoms with Gasteiger partial charge in [0.2, 0.25) is 0 Å². The second-order valence-corrected chi connectivity index (χ2v) is 5.93. The molecular weight excluding hydrogens is 300 g/mol. The van der Waals surface area contributed by atoms with Crippen molar-refractivity contribution < 1.29 is 4.74 Å². The molecule has 1 atom stereocenters. The van der Waals surface area contributed by atoms with E-state index in [0.717, 1.165) is 29.7 Å². The third-order valence-electron chi connectivity index (χ3n) is 2.96. The predicted molar refractivity (Wildman–Crippen MR) is 78.0 cm³/mol. The van der Waals surface area contributed by atoms with Crippen LogP contribution in [-0.4, -0.2) is 12.5 Å². The van der Waals surface area contributed by atoms with Crippen molar-refractivity contribution in [3.63, 3.8) is 0 Å². The van der Waals surface area contributed by atoms with Crippen LogP contribution in [0.5, 0.6) is 5.75 Å². The first-order valence-electron chi connectivity index (χ1n) is 6.04. The van der Waals surface area contributed by atoms with Crippen LogP contribution in [0.15, 0.2) is 28.7 Å². The van der Waals surface area contributed by atoms with Crippen molar-refractivity contribution in [3.8, 4) is 5.75 Å². The predicted octanol–water partition coefficient (Wildman–Crippen LogP) is 5.26. The zero-order valence-electron chi connectivity index (χ0n) is 10.5. The summed E-state index contributed by atoms with van der Waals surface area (Å²) in [5, 5.41) is 0. The molecule has 1 aromatic carbocycles. The van der Waals surface area contributed by atoms with Gasteiger partial charge in [0.25, 0.3) is 0 Å². The number of hydrogen-bond donors (Lipinski definition) is 0. The molecule has 0 amide bonds. The Labute approximate surface area is 118 Å². The van der Waals surface area contributed by atoms with Gasteiger partial charge in [-0.05, 0) is 42.5 Å². The van der Waals surface area contributed by atoms with Crippen LogP contribution in [0.4, 0.5) is 0 Å². The van der Waals surface area contributed by atoms with Crippen molar-refractivity contribution in [1.29, 1.82) is 0 Å². The van der Waals surface area contributed by atoms with Crippen molar-refractivity contribution in [2.45, 2.75) is 33.1 Å². The number of hydrogen-bond acceptors (Lipinski definition) is 1. The molecule has 0 radical (unpaired) electrons. The highest BCUT2D eigenvalue weighted by molar-refractivity contribution is 9.10. The molecule has 3 heteroatoms. The molecule has 0 saturated carbocycles. The van der Waals surface area contributed by atoms with Gasteiger partial charge in [0, 0.05) is 10.4 Å². The summed E-state index contributed by atoms with van der Waals surface area (Å²) in [6.45, 7) is 5.15. The van der Waals surface area contributed by atoms with Gasteiger partial charge in [-0.1, -0.05) is 36.2 Å². The molecule has 0 fully saturated rings. The third-order valence-corrected chi connectivity index (χ3v) is 4.14. The lowest BCUT2D eigenvalue weighted by atomic mass is 9.85. The molecular formula is C14H20BrClO. The molecule has 0 N–H and O–H groups in total. The van der Waals surface area contributed by atoms with Gasteiger partial charge in [0.05, 0.1) is 6.61 Å². The minimum atomic E-state index is 0.200. The molecule has 0 aliphatic heterocycles. The maximum absolute atomic E-state index is 6.03. The smallest absolute Gasteiger partial charge is 0.119 e. The van der Waals surface area contributed by atoms with Crippen molar-refractivity contribution in [2.75, 3.05) is 12.5 Å². The van der Waals surface area contributed by atoms with Gasteiger partial charge in [-0.2, -0.15) is 0 Å². The molecule has 0 aromatic heterocycles. The first kappa shape index (κ1) is 14.8. The lowest BCUT2D eigenvalue weighted by molar-refractivity contribution is 0.219. The fraction of sp³-hybridized carbons (Fsp3) is 0.571. The molecule has 0 saturated heterocycles. The normalized spacial score (nSPS) is 14.4. The van der Waals surface area contributed by atoms with Gasteiger partial charge in [0.15, 0.2) is 0 Å². The summed E-state index contributed by atoms with van der Waals surface area (Å²) < 4.78 is 6.80. The fourth-order valence-electron chi connectivity index (χ4n) is 1.81. The van der Waals surface area contributed by atoms with E-state index in [0.29, 0.717) is 5.88 Å². The van der Waals surface area contributed by atoms with E-state index in [2.05, 4.69) is 29.8 Å². The third kappa shape index (κ3) is 5.31. The van der Waals surface area contributed by atoms with Crippen molar-refractivity contribution in [2.24, 2.45) is 5.41 Å². The second-order valence-electron chi connectivity index (χ2n) is 4.75. The summed E-state index contributed by atoms with van der Waals surface area (Å²) in [5.74, 6) is 1.62. The lowest BCUT2D eigenvalue weighted by Crippen LogP contribution is -2.21. The van der Waals surface area contributed by atoms with E-state index in [1.165, 1.54) is 6.42 Å². The Morgan fingerprint density at radius 3 is 2.41 bits per heavy atom. The largest absolute Gasteiger partial charge is 0.494 e. The van der Waals surface area contributed by atoms with Crippen LogP contribution in [0.3, 0.4) is 0 Å².